The van der Waals surface area contributed by atoms with Crippen molar-refractivity contribution in [1.29, 1.82) is 0 Å². The van der Waals surface area contributed by atoms with Crippen LogP contribution < -0.4 is 15.8 Å². The maximum absolute atomic E-state index is 11.4. The third kappa shape index (κ3) is 1.57. The maximum Gasteiger partial charge on any atom is 0.321 e. The summed E-state index contributed by atoms with van der Waals surface area (Å²) in [5, 5.41) is 0. The molecule has 0 unspecified atom stereocenters. The highest BCUT2D eigenvalue weighted by molar-refractivity contribution is 7.44. The topological polar surface area (TPSA) is 47.2 Å². The second-order valence-electron chi connectivity index (χ2n) is 3.06. The number of nitrogens with zero attached hydrogens (tertiary/aromatic N) is 3. The molecule has 0 amide bonds. The number of aromatic nitrogens is 2. The summed E-state index contributed by atoms with van der Waals surface area (Å²) in [5.74, 6) is 0. The average molecular weight is 217 g/mol. The van der Waals surface area contributed by atoms with Crippen molar-refractivity contribution in [2.75, 3.05) is 17.8 Å². The van der Waals surface area contributed by atoms with E-state index in [4.69, 9.17) is 0 Å². The molecule has 0 bridgehead atoms. The fraction of sp³-hybridized carbons (Fsp3) is 0.750. The van der Waals surface area contributed by atoms with Crippen LogP contribution in [0.3, 0.4) is 0 Å². The van der Waals surface area contributed by atoms with Crippen molar-refractivity contribution < 1.29 is 0 Å². The van der Waals surface area contributed by atoms with Crippen LogP contribution in [-0.4, -0.2) is 21.7 Å². The van der Waals surface area contributed by atoms with Crippen LogP contribution in [0.4, 0.5) is 0 Å². The van der Waals surface area contributed by atoms with Crippen LogP contribution in [0.2, 0.25) is 0 Å². The van der Waals surface area contributed by atoms with Crippen LogP contribution in [0.15, 0.2) is 9.59 Å². The summed E-state index contributed by atoms with van der Waals surface area (Å²) < 4.78 is 5.22. The molecule has 0 radical (unpaired) electrons. The summed E-state index contributed by atoms with van der Waals surface area (Å²) >= 11 is 0. The molecule has 0 saturated heterocycles. The van der Waals surface area contributed by atoms with Crippen LogP contribution >= 0.6 is 8.00 Å². The van der Waals surface area contributed by atoms with E-state index in [-0.39, 0.29) is 0 Å². The highest BCUT2D eigenvalue weighted by Gasteiger charge is 2.15. The van der Waals surface area contributed by atoms with Gasteiger partial charge < -0.3 is 0 Å². The lowest BCUT2D eigenvalue weighted by Gasteiger charge is -2.19. The molecule has 80 valence electrons. The lowest BCUT2D eigenvalue weighted by molar-refractivity contribution is 0.884. The Morgan fingerprint density at radius 1 is 1.07 bits per heavy atom. The molecule has 0 saturated carbocycles. The third-order valence-electron chi connectivity index (χ3n) is 2.29. The zero-order valence-electron chi connectivity index (χ0n) is 9.02. The predicted molar refractivity (Wildman–Crippen MR) is 58.9 cm³/mol. The van der Waals surface area contributed by atoms with E-state index in [0.29, 0.717) is 0 Å². The van der Waals surface area contributed by atoms with E-state index in [1.54, 1.807) is 22.8 Å². The van der Waals surface area contributed by atoms with Crippen molar-refractivity contribution in [3.63, 3.8) is 0 Å². The molecule has 1 aromatic rings. The SMILES string of the molecule is CCN(CC)p1n(C)c(=O)c(=O)n1C. The van der Waals surface area contributed by atoms with Gasteiger partial charge in [0.2, 0.25) is 0 Å². The molecular weight excluding hydrogens is 201 g/mol. The van der Waals surface area contributed by atoms with Crippen molar-refractivity contribution >= 4 is 8.00 Å². The van der Waals surface area contributed by atoms with E-state index in [1.165, 1.54) is 0 Å². The highest BCUT2D eigenvalue weighted by Crippen LogP contribution is 2.23. The van der Waals surface area contributed by atoms with Gasteiger partial charge in [-0.3, -0.25) is 18.2 Å². The largest absolute Gasteiger partial charge is 0.321 e. The Labute approximate surface area is 83.8 Å². The quantitative estimate of drug-likeness (QED) is 0.672. The zero-order valence-corrected chi connectivity index (χ0v) is 9.91. The minimum atomic E-state index is -0.909. The lowest BCUT2D eigenvalue weighted by atomic mass is 10.7. The minimum absolute atomic E-state index is 0.398. The first kappa shape index (κ1) is 11.3. The first-order valence-corrected chi connectivity index (χ1v) is 5.85. The summed E-state index contributed by atoms with van der Waals surface area (Å²) in [7, 11) is 2.47. The van der Waals surface area contributed by atoms with Crippen LogP contribution in [-0.2, 0) is 14.1 Å². The molecule has 0 N–H and O–H groups in total. The van der Waals surface area contributed by atoms with Gasteiger partial charge in [-0.15, -0.1) is 0 Å². The fourth-order valence-corrected chi connectivity index (χ4v) is 3.66. The van der Waals surface area contributed by atoms with Crippen molar-refractivity contribution in [2.24, 2.45) is 14.1 Å². The molecule has 1 heterocycles. The lowest BCUT2D eigenvalue weighted by Crippen LogP contribution is -2.28. The molecule has 14 heavy (non-hydrogen) atoms. The molecular formula is C8H16N3O2P. The first-order valence-electron chi connectivity index (χ1n) is 4.65. The summed E-state index contributed by atoms with van der Waals surface area (Å²) in [5.41, 5.74) is -0.795. The Balaban J connectivity index is 3.41. The van der Waals surface area contributed by atoms with Crippen LogP contribution in [0.1, 0.15) is 13.8 Å². The molecule has 5 nitrogen and oxygen atoms in total. The Kier molecular flexibility index (Phi) is 3.34. The Morgan fingerprint density at radius 3 is 1.71 bits per heavy atom. The minimum Gasteiger partial charge on any atom is -0.272 e. The predicted octanol–water partition coefficient (Wildman–Crippen LogP) is 0.0484. The normalized spacial score (nSPS) is 11.2. The summed E-state index contributed by atoms with van der Waals surface area (Å²) in [4.78, 5) is 22.8. The smallest absolute Gasteiger partial charge is 0.272 e. The molecule has 0 aliphatic carbocycles. The van der Waals surface area contributed by atoms with Gasteiger partial charge in [0.05, 0.1) is 0 Å². The van der Waals surface area contributed by atoms with Gasteiger partial charge >= 0.3 is 11.1 Å². The molecule has 1 rings (SSSR count). The Morgan fingerprint density at radius 2 is 1.43 bits per heavy atom. The van der Waals surface area contributed by atoms with Gasteiger partial charge in [0.15, 0.2) is 0 Å². The van der Waals surface area contributed by atoms with E-state index in [0.717, 1.165) is 13.1 Å². The number of hydrogen-bond donors (Lipinski definition) is 0. The van der Waals surface area contributed by atoms with E-state index >= 15 is 0 Å². The van der Waals surface area contributed by atoms with Gasteiger partial charge in [-0.2, -0.15) is 0 Å². The van der Waals surface area contributed by atoms with Gasteiger partial charge in [0, 0.05) is 27.2 Å². The van der Waals surface area contributed by atoms with Gasteiger partial charge in [-0.05, 0) is 0 Å². The summed E-state index contributed by atoms with van der Waals surface area (Å²) in [6.07, 6.45) is 0. The fourth-order valence-electron chi connectivity index (χ4n) is 1.50. The molecule has 0 aliphatic heterocycles. The van der Waals surface area contributed by atoms with Crippen molar-refractivity contribution in [3.05, 3.63) is 20.7 Å². The summed E-state index contributed by atoms with van der Waals surface area (Å²) in [6, 6.07) is 0. The Bertz CT molecular complexity index is 391. The molecule has 1 aromatic heterocycles. The standard InChI is InChI=1S/C8H16N3O2P/c1-5-11(6-2)14-9(3)7(12)8(13)10(14)4/h5-6H2,1-4H3. The van der Waals surface area contributed by atoms with Crippen molar-refractivity contribution in [2.45, 2.75) is 13.8 Å². The monoisotopic (exact) mass is 217 g/mol. The van der Waals surface area contributed by atoms with Crippen LogP contribution in [0.25, 0.3) is 0 Å². The Hall–Kier alpha value is -0.800. The number of rotatable bonds is 3. The van der Waals surface area contributed by atoms with Crippen molar-refractivity contribution in [3.8, 4) is 0 Å². The first-order chi connectivity index (χ1) is 6.54. The second kappa shape index (κ2) is 4.15. The van der Waals surface area contributed by atoms with E-state index in [9.17, 15) is 9.59 Å². The van der Waals surface area contributed by atoms with Gasteiger partial charge in [0.25, 0.3) is 0 Å². The third-order valence-corrected chi connectivity index (χ3v) is 4.80. The molecule has 0 aliphatic rings. The van der Waals surface area contributed by atoms with E-state index < -0.39 is 19.1 Å². The highest BCUT2D eigenvalue weighted by atomic mass is 31.1. The molecule has 6 heteroatoms. The maximum atomic E-state index is 11.4. The van der Waals surface area contributed by atoms with Gasteiger partial charge in [0.1, 0.15) is 8.00 Å². The average Bonchev–Trinajstić information content (AvgIpc) is 2.37. The molecule has 0 atom stereocenters. The van der Waals surface area contributed by atoms with Crippen LogP contribution in [0.5, 0.6) is 0 Å². The molecule has 0 spiro atoms. The van der Waals surface area contributed by atoms with E-state index in [2.05, 4.69) is 4.67 Å². The van der Waals surface area contributed by atoms with Gasteiger partial charge in [-0.25, -0.2) is 4.67 Å². The van der Waals surface area contributed by atoms with Crippen molar-refractivity contribution in [1.82, 2.24) is 8.66 Å². The number of hydrogen-bond acceptors (Lipinski definition) is 3. The van der Waals surface area contributed by atoms with Crippen LogP contribution in [0, 0.1) is 0 Å². The van der Waals surface area contributed by atoms with E-state index in [1.807, 2.05) is 13.8 Å². The zero-order chi connectivity index (χ0) is 10.9. The van der Waals surface area contributed by atoms with Gasteiger partial charge in [-0.1, -0.05) is 13.8 Å². The second-order valence-corrected chi connectivity index (χ2v) is 5.37. The molecule has 0 fully saturated rings. The molecule has 0 aromatic carbocycles. The summed E-state index contributed by atoms with van der Waals surface area (Å²) in [6.45, 7) is 5.75.